The first-order valence-electron chi connectivity index (χ1n) is 7.27. The van der Waals surface area contributed by atoms with Crippen LogP contribution in [-0.2, 0) is 24.1 Å². The minimum absolute atomic E-state index is 0.478. The van der Waals surface area contributed by atoms with Crippen LogP contribution in [0.15, 0.2) is 6.07 Å². The lowest BCUT2D eigenvalue weighted by atomic mass is 10.1. The molecular formula is C15H24N2O2. The Morgan fingerprint density at radius 3 is 2.95 bits per heavy atom. The Kier molecular flexibility index (Phi) is 5.61. The quantitative estimate of drug-likeness (QED) is 0.731. The van der Waals surface area contributed by atoms with Gasteiger partial charge in [-0.3, -0.25) is 0 Å². The molecule has 4 heteroatoms. The fourth-order valence-electron chi connectivity index (χ4n) is 2.32. The highest BCUT2D eigenvalue weighted by Gasteiger charge is 2.16. The number of aryl methyl sites for hydroxylation is 2. The third-order valence-corrected chi connectivity index (χ3v) is 3.42. The molecule has 106 valence electrons. The lowest BCUT2D eigenvalue weighted by Gasteiger charge is -2.11. The summed E-state index contributed by atoms with van der Waals surface area (Å²) in [5.41, 5.74) is 9.29. The summed E-state index contributed by atoms with van der Waals surface area (Å²) in [5.74, 6) is 0.697. The standard InChI is InChI=1S/C15H24N2O2/c1-2-3-7-18-8-9-19-15-13(11-16)10-12-5-4-6-14(12)17-15/h10H,2-9,11,16H2,1H3. The van der Waals surface area contributed by atoms with Gasteiger partial charge in [0, 0.05) is 24.4 Å². The number of unbranched alkanes of at least 4 members (excludes halogenated alkanes) is 1. The van der Waals surface area contributed by atoms with E-state index < -0.39 is 0 Å². The van der Waals surface area contributed by atoms with Crippen molar-refractivity contribution in [2.24, 2.45) is 5.73 Å². The molecule has 0 aliphatic heterocycles. The van der Waals surface area contributed by atoms with Crippen LogP contribution < -0.4 is 10.5 Å². The first kappa shape index (κ1) is 14.3. The zero-order chi connectivity index (χ0) is 13.5. The van der Waals surface area contributed by atoms with Crippen molar-refractivity contribution >= 4 is 0 Å². The highest BCUT2D eigenvalue weighted by Crippen LogP contribution is 2.26. The van der Waals surface area contributed by atoms with E-state index in [0.29, 0.717) is 25.6 Å². The van der Waals surface area contributed by atoms with E-state index >= 15 is 0 Å². The van der Waals surface area contributed by atoms with Gasteiger partial charge in [-0.2, -0.15) is 0 Å². The van der Waals surface area contributed by atoms with Gasteiger partial charge in [-0.05, 0) is 37.3 Å². The monoisotopic (exact) mass is 264 g/mol. The van der Waals surface area contributed by atoms with Crippen molar-refractivity contribution in [2.45, 2.75) is 45.6 Å². The molecule has 0 fully saturated rings. The van der Waals surface area contributed by atoms with Crippen LogP contribution in [0.1, 0.15) is 43.0 Å². The summed E-state index contributed by atoms with van der Waals surface area (Å²) in [6.45, 7) is 4.60. The van der Waals surface area contributed by atoms with Gasteiger partial charge < -0.3 is 15.2 Å². The third kappa shape index (κ3) is 3.91. The number of fused-ring (bicyclic) bond motifs is 1. The van der Waals surface area contributed by atoms with E-state index in [2.05, 4.69) is 18.0 Å². The van der Waals surface area contributed by atoms with E-state index in [4.69, 9.17) is 15.2 Å². The van der Waals surface area contributed by atoms with E-state index in [1.165, 1.54) is 17.7 Å². The number of hydrogen-bond donors (Lipinski definition) is 1. The Morgan fingerprint density at radius 1 is 1.26 bits per heavy atom. The second-order valence-electron chi connectivity index (χ2n) is 4.93. The Labute approximate surface area is 115 Å². The Balaban J connectivity index is 1.85. The molecule has 0 unspecified atom stereocenters. The van der Waals surface area contributed by atoms with E-state index in [9.17, 15) is 0 Å². The molecule has 0 amide bonds. The largest absolute Gasteiger partial charge is 0.475 e. The molecule has 0 bridgehead atoms. The summed E-state index contributed by atoms with van der Waals surface area (Å²) >= 11 is 0. The van der Waals surface area contributed by atoms with Gasteiger partial charge in [-0.15, -0.1) is 0 Å². The molecule has 0 aromatic carbocycles. The van der Waals surface area contributed by atoms with Gasteiger partial charge in [-0.1, -0.05) is 13.3 Å². The molecule has 2 N–H and O–H groups in total. The molecule has 1 aliphatic rings. The van der Waals surface area contributed by atoms with Crippen LogP contribution in [0.25, 0.3) is 0 Å². The molecular weight excluding hydrogens is 240 g/mol. The summed E-state index contributed by atoms with van der Waals surface area (Å²) in [6, 6.07) is 2.16. The maximum Gasteiger partial charge on any atom is 0.218 e. The van der Waals surface area contributed by atoms with Crippen molar-refractivity contribution in [1.82, 2.24) is 4.98 Å². The minimum atomic E-state index is 0.478. The number of nitrogens with zero attached hydrogens (tertiary/aromatic N) is 1. The maximum absolute atomic E-state index is 5.76. The second kappa shape index (κ2) is 7.46. The predicted molar refractivity (Wildman–Crippen MR) is 75.4 cm³/mol. The van der Waals surface area contributed by atoms with Gasteiger partial charge in [0.15, 0.2) is 0 Å². The van der Waals surface area contributed by atoms with Crippen molar-refractivity contribution in [3.8, 4) is 5.88 Å². The lowest BCUT2D eigenvalue weighted by Crippen LogP contribution is -2.11. The van der Waals surface area contributed by atoms with Crippen LogP contribution in [0.3, 0.4) is 0 Å². The molecule has 0 saturated carbocycles. The van der Waals surface area contributed by atoms with Gasteiger partial charge in [0.25, 0.3) is 0 Å². The molecule has 0 saturated heterocycles. The number of rotatable bonds is 8. The van der Waals surface area contributed by atoms with Crippen LogP contribution in [-0.4, -0.2) is 24.8 Å². The van der Waals surface area contributed by atoms with Gasteiger partial charge in [0.1, 0.15) is 6.61 Å². The van der Waals surface area contributed by atoms with Crippen LogP contribution in [0.4, 0.5) is 0 Å². The summed E-state index contributed by atoms with van der Waals surface area (Å²) in [6.07, 6.45) is 5.63. The van der Waals surface area contributed by atoms with E-state index in [0.717, 1.165) is 37.9 Å². The van der Waals surface area contributed by atoms with Gasteiger partial charge >= 0.3 is 0 Å². The number of ether oxygens (including phenoxy) is 2. The van der Waals surface area contributed by atoms with E-state index in [1.54, 1.807) is 0 Å². The molecule has 19 heavy (non-hydrogen) atoms. The molecule has 0 radical (unpaired) electrons. The average molecular weight is 264 g/mol. The summed E-state index contributed by atoms with van der Waals surface area (Å²) in [5, 5.41) is 0. The molecule has 2 rings (SSSR count). The van der Waals surface area contributed by atoms with Gasteiger partial charge in [0.2, 0.25) is 5.88 Å². The molecule has 1 heterocycles. The molecule has 0 spiro atoms. The Bertz CT molecular complexity index is 407. The predicted octanol–water partition coefficient (Wildman–Crippen LogP) is 2.22. The summed E-state index contributed by atoms with van der Waals surface area (Å²) in [4.78, 5) is 4.60. The van der Waals surface area contributed by atoms with Crippen molar-refractivity contribution in [1.29, 1.82) is 0 Å². The summed E-state index contributed by atoms with van der Waals surface area (Å²) in [7, 11) is 0. The highest BCUT2D eigenvalue weighted by atomic mass is 16.5. The SMILES string of the molecule is CCCCOCCOc1nc2c(cc1CN)CCC2. The lowest BCUT2D eigenvalue weighted by molar-refractivity contribution is 0.0961. The van der Waals surface area contributed by atoms with Crippen LogP contribution in [0.5, 0.6) is 5.88 Å². The number of pyridine rings is 1. The van der Waals surface area contributed by atoms with Crippen LogP contribution >= 0.6 is 0 Å². The van der Waals surface area contributed by atoms with Gasteiger partial charge in [-0.25, -0.2) is 4.98 Å². The maximum atomic E-state index is 5.76. The van der Waals surface area contributed by atoms with Crippen molar-refractivity contribution in [3.63, 3.8) is 0 Å². The molecule has 1 aromatic heterocycles. The molecule has 0 atom stereocenters. The first-order valence-corrected chi connectivity index (χ1v) is 7.27. The number of hydrogen-bond acceptors (Lipinski definition) is 4. The Morgan fingerprint density at radius 2 is 2.16 bits per heavy atom. The Hall–Kier alpha value is -1.13. The first-order chi connectivity index (χ1) is 9.35. The van der Waals surface area contributed by atoms with E-state index in [-0.39, 0.29) is 0 Å². The molecule has 4 nitrogen and oxygen atoms in total. The van der Waals surface area contributed by atoms with Crippen LogP contribution in [0, 0.1) is 0 Å². The molecule has 1 aliphatic carbocycles. The fraction of sp³-hybridized carbons (Fsp3) is 0.667. The second-order valence-corrected chi connectivity index (χ2v) is 4.93. The average Bonchev–Trinajstić information content (AvgIpc) is 2.88. The molecule has 1 aromatic rings. The van der Waals surface area contributed by atoms with E-state index in [1.807, 2.05) is 0 Å². The smallest absolute Gasteiger partial charge is 0.218 e. The normalized spacial score (nSPS) is 13.6. The topological polar surface area (TPSA) is 57.4 Å². The number of aromatic nitrogens is 1. The highest BCUT2D eigenvalue weighted by molar-refractivity contribution is 5.36. The zero-order valence-electron chi connectivity index (χ0n) is 11.8. The van der Waals surface area contributed by atoms with Crippen molar-refractivity contribution in [2.75, 3.05) is 19.8 Å². The minimum Gasteiger partial charge on any atom is -0.475 e. The van der Waals surface area contributed by atoms with Crippen molar-refractivity contribution < 1.29 is 9.47 Å². The fourth-order valence-corrected chi connectivity index (χ4v) is 2.32. The summed E-state index contributed by atoms with van der Waals surface area (Å²) < 4.78 is 11.2. The van der Waals surface area contributed by atoms with Gasteiger partial charge in [0.05, 0.1) is 6.61 Å². The van der Waals surface area contributed by atoms with Crippen molar-refractivity contribution in [3.05, 3.63) is 22.9 Å². The number of nitrogens with two attached hydrogens (primary N) is 1. The third-order valence-electron chi connectivity index (χ3n) is 3.42. The van der Waals surface area contributed by atoms with Crippen LogP contribution in [0.2, 0.25) is 0 Å². The zero-order valence-corrected chi connectivity index (χ0v) is 11.8.